The minimum atomic E-state index is 0.485. The van der Waals surface area contributed by atoms with Crippen molar-refractivity contribution in [2.45, 2.75) is 38.3 Å². The van der Waals surface area contributed by atoms with Gasteiger partial charge in [0.05, 0.1) is 5.69 Å². The van der Waals surface area contributed by atoms with Gasteiger partial charge >= 0.3 is 0 Å². The van der Waals surface area contributed by atoms with Gasteiger partial charge < -0.3 is 10.6 Å². The molecule has 1 unspecified atom stereocenters. The lowest BCUT2D eigenvalue weighted by Crippen LogP contribution is -2.41. The van der Waals surface area contributed by atoms with Gasteiger partial charge in [0, 0.05) is 31.9 Å². The quantitative estimate of drug-likeness (QED) is 0.879. The Labute approximate surface area is 114 Å². The van der Waals surface area contributed by atoms with Crippen LogP contribution in [0.5, 0.6) is 0 Å². The number of hydrogen-bond donors (Lipinski definition) is 1. The Morgan fingerprint density at radius 3 is 2.84 bits per heavy atom. The zero-order chi connectivity index (χ0) is 13.1. The van der Waals surface area contributed by atoms with Gasteiger partial charge in [-0.15, -0.1) is 0 Å². The van der Waals surface area contributed by atoms with Crippen LogP contribution in [0.3, 0.4) is 0 Å². The molecule has 0 aromatic carbocycles. The first-order valence-corrected chi connectivity index (χ1v) is 7.38. The van der Waals surface area contributed by atoms with E-state index in [-0.39, 0.29) is 0 Å². The monoisotopic (exact) mass is 261 g/mol. The fourth-order valence-corrected chi connectivity index (χ4v) is 3.16. The van der Waals surface area contributed by atoms with E-state index >= 15 is 0 Å². The Balaban J connectivity index is 1.64. The van der Waals surface area contributed by atoms with Crippen molar-refractivity contribution in [1.29, 1.82) is 0 Å². The third kappa shape index (κ3) is 2.87. The van der Waals surface area contributed by atoms with Gasteiger partial charge in [0.2, 0.25) is 5.95 Å². The maximum Gasteiger partial charge on any atom is 0.225 e. The molecule has 2 aliphatic rings. The molecule has 0 bridgehead atoms. The highest BCUT2D eigenvalue weighted by atomic mass is 15.3. The van der Waals surface area contributed by atoms with Crippen LogP contribution in [0.2, 0.25) is 0 Å². The van der Waals surface area contributed by atoms with Crippen molar-refractivity contribution >= 4 is 5.95 Å². The fourth-order valence-electron chi connectivity index (χ4n) is 3.16. The van der Waals surface area contributed by atoms with Crippen LogP contribution in [0.15, 0.2) is 12.3 Å². The van der Waals surface area contributed by atoms with Crippen LogP contribution in [0.4, 0.5) is 5.95 Å². The lowest BCUT2D eigenvalue weighted by Gasteiger charge is -2.32. The number of nitrogens with zero attached hydrogens (tertiary/aromatic N) is 4. The topological polar surface area (TPSA) is 58.3 Å². The molecule has 3 heterocycles. The minimum Gasteiger partial charge on any atom is -0.339 e. The zero-order valence-electron chi connectivity index (χ0n) is 11.5. The molecule has 0 spiro atoms. The van der Waals surface area contributed by atoms with Gasteiger partial charge in [-0.25, -0.2) is 9.97 Å². The minimum absolute atomic E-state index is 0.485. The second-order valence-electron chi connectivity index (χ2n) is 5.54. The van der Waals surface area contributed by atoms with E-state index in [4.69, 9.17) is 5.73 Å². The van der Waals surface area contributed by atoms with Gasteiger partial charge in [0.15, 0.2) is 0 Å². The Kier molecular flexibility index (Phi) is 3.94. The molecule has 2 fully saturated rings. The molecule has 104 valence electrons. The predicted octanol–water partition coefficient (Wildman–Crippen LogP) is 1.000. The summed E-state index contributed by atoms with van der Waals surface area (Å²) in [6.45, 7) is 5.15. The van der Waals surface area contributed by atoms with Crippen molar-refractivity contribution in [3.8, 4) is 0 Å². The number of likely N-dealkylation sites (tertiary alicyclic amines) is 1. The lowest BCUT2D eigenvalue weighted by molar-refractivity contribution is 0.174. The number of hydrogen-bond acceptors (Lipinski definition) is 5. The number of rotatable bonds is 3. The van der Waals surface area contributed by atoms with E-state index in [1.165, 1.54) is 38.8 Å². The standard InChI is InChI=1S/C14H23N5/c15-10-12-4-6-16-14(17-12)19-9-5-13(11-19)18-7-2-1-3-8-18/h4,6,13H,1-3,5,7-11,15H2. The van der Waals surface area contributed by atoms with E-state index in [0.29, 0.717) is 12.6 Å². The summed E-state index contributed by atoms with van der Waals surface area (Å²) in [4.78, 5) is 13.9. The van der Waals surface area contributed by atoms with Crippen LogP contribution in [-0.2, 0) is 6.54 Å². The molecule has 3 rings (SSSR count). The molecule has 1 aromatic rings. The highest BCUT2D eigenvalue weighted by molar-refractivity contribution is 5.32. The van der Waals surface area contributed by atoms with Crippen molar-refractivity contribution in [2.75, 3.05) is 31.1 Å². The van der Waals surface area contributed by atoms with Crippen molar-refractivity contribution in [3.05, 3.63) is 18.0 Å². The first-order valence-electron chi connectivity index (χ1n) is 7.38. The van der Waals surface area contributed by atoms with E-state index in [2.05, 4.69) is 19.8 Å². The maximum atomic E-state index is 5.64. The van der Waals surface area contributed by atoms with E-state index in [9.17, 15) is 0 Å². The average Bonchev–Trinajstić information content (AvgIpc) is 2.98. The second kappa shape index (κ2) is 5.84. The summed E-state index contributed by atoms with van der Waals surface area (Å²) < 4.78 is 0. The Bertz CT molecular complexity index is 416. The van der Waals surface area contributed by atoms with E-state index in [1.54, 1.807) is 0 Å². The van der Waals surface area contributed by atoms with Gasteiger partial charge in [-0.3, -0.25) is 4.90 Å². The smallest absolute Gasteiger partial charge is 0.225 e. The van der Waals surface area contributed by atoms with Crippen LogP contribution in [-0.4, -0.2) is 47.1 Å². The largest absolute Gasteiger partial charge is 0.339 e. The maximum absolute atomic E-state index is 5.64. The second-order valence-corrected chi connectivity index (χ2v) is 5.54. The summed E-state index contributed by atoms with van der Waals surface area (Å²) in [5.74, 6) is 0.849. The number of nitrogens with two attached hydrogens (primary N) is 1. The molecule has 19 heavy (non-hydrogen) atoms. The summed E-state index contributed by atoms with van der Waals surface area (Å²) in [6.07, 6.45) is 7.16. The van der Waals surface area contributed by atoms with Crippen LogP contribution >= 0.6 is 0 Å². The number of anilines is 1. The highest BCUT2D eigenvalue weighted by Crippen LogP contribution is 2.22. The molecule has 2 N–H and O–H groups in total. The summed E-state index contributed by atoms with van der Waals surface area (Å²) in [6, 6.07) is 2.58. The number of aromatic nitrogens is 2. The van der Waals surface area contributed by atoms with Crippen molar-refractivity contribution in [3.63, 3.8) is 0 Å². The van der Waals surface area contributed by atoms with Gasteiger partial charge in [-0.2, -0.15) is 0 Å². The van der Waals surface area contributed by atoms with Crippen molar-refractivity contribution in [1.82, 2.24) is 14.9 Å². The molecule has 5 heteroatoms. The molecular weight excluding hydrogens is 238 g/mol. The fraction of sp³-hybridized carbons (Fsp3) is 0.714. The molecule has 1 aromatic heterocycles. The van der Waals surface area contributed by atoms with E-state index in [0.717, 1.165) is 24.7 Å². The predicted molar refractivity (Wildman–Crippen MR) is 76.0 cm³/mol. The van der Waals surface area contributed by atoms with Crippen LogP contribution in [0, 0.1) is 0 Å². The summed E-state index contributed by atoms with van der Waals surface area (Å²) in [7, 11) is 0. The molecule has 5 nitrogen and oxygen atoms in total. The van der Waals surface area contributed by atoms with Gasteiger partial charge in [-0.1, -0.05) is 6.42 Å². The summed E-state index contributed by atoms with van der Waals surface area (Å²) in [5, 5.41) is 0. The molecule has 0 amide bonds. The van der Waals surface area contributed by atoms with Gasteiger partial charge in [-0.05, 0) is 38.4 Å². The first kappa shape index (κ1) is 12.8. The Morgan fingerprint density at radius 2 is 2.05 bits per heavy atom. The van der Waals surface area contributed by atoms with E-state index in [1.807, 2.05) is 12.3 Å². The zero-order valence-corrected chi connectivity index (χ0v) is 11.5. The summed E-state index contributed by atoms with van der Waals surface area (Å²) in [5.41, 5.74) is 6.57. The SMILES string of the molecule is NCc1ccnc(N2CCC(N3CCCCC3)C2)n1. The Morgan fingerprint density at radius 1 is 1.21 bits per heavy atom. The third-order valence-electron chi connectivity index (χ3n) is 4.26. The van der Waals surface area contributed by atoms with Crippen LogP contribution in [0.1, 0.15) is 31.4 Å². The van der Waals surface area contributed by atoms with Crippen LogP contribution in [0.25, 0.3) is 0 Å². The van der Waals surface area contributed by atoms with Crippen molar-refractivity contribution in [2.24, 2.45) is 5.73 Å². The molecule has 2 aliphatic heterocycles. The lowest BCUT2D eigenvalue weighted by atomic mass is 10.1. The molecule has 0 radical (unpaired) electrons. The molecule has 1 atom stereocenters. The average molecular weight is 261 g/mol. The van der Waals surface area contributed by atoms with Crippen molar-refractivity contribution < 1.29 is 0 Å². The van der Waals surface area contributed by atoms with Gasteiger partial charge in [0.25, 0.3) is 0 Å². The molecule has 0 aliphatic carbocycles. The Hall–Kier alpha value is -1.20. The van der Waals surface area contributed by atoms with E-state index < -0.39 is 0 Å². The first-order chi connectivity index (χ1) is 9.36. The summed E-state index contributed by atoms with van der Waals surface area (Å²) >= 11 is 0. The highest BCUT2D eigenvalue weighted by Gasteiger charge is 2.29. The normalized spacial score (nSPS) is 24.9. The molecule has 0 saturated carbocycles. The van der Waals surface area contributed by atoms with Gasteiger partial charge in [0.1, 0.15) is 0 Å². The third-order valence-corrected chi connectivity index (χ3v) is 4.26. The van der Waals surface area contributed by atoms with Crippen LogP contribution < -0.4 is 10.6 Å². The molecular formula is C14H23N5. The molecule has 2 saturated heterocycles. The number of piperidine rings is 1.